The number of carbonyl (C=O) groups is 2. The molecule has 0 spiro atoms. The summed E-state index contributed by atoms with van der Waals surface area (Å²) in [4.78, 5) is 23.9. The number of hydrogen-bond acceptors (Lipinski definition) is 3. The number of rotatable bonds is 4. The van der Waals surface area contributed by atoms with Gasteiger partial charge in [0.25, 0.3) is 0 Å². The summed E-state index contributed by atoms with van der Waals surface area (Å²) in [6.07, 6.45) is 0. The van der Waals surface area contributed by atoms with Gasteiger partial charge in [0.2, 0.25) is 0 Å². The number of carbonyl (C=O) groups excluding carboxylic acids is 2. The predicted molar refractivity (Wildman–Crippen MR) is 90.7 cm³/mol. The lowest BCUT2D eigenvalue weighted by Crippen LogP contribution is -2.35. The number of nitrogens with one attached hydrogen (secondary N) is 2. The van der Waals surface area contributed by atoms with Gasteiger partial charge < -0.3 is 16.4 Å². The van der Waals surface area contributed by atoms with Crippen molar-refractivity contribution in [2.45, 2.75) is 26.9 Å². The SMILES string of the molecule is Cc1cccc(NC(=O)C(=O)NCc2cccc(CN)c2)c1C. The average Bonchev–Trinajstić information content (AvgIpc) is 2.57. The van der Waals surface area contributed by atoms with E-state index >= 15 is 0 Å². The number of anilines is 1. The number of amides is 2. The van der Waals surface area contributed by atoms with Crippen molar-refractivity contribution in [3.8, 4) is 0 Å². The van der Waals surface area contributed by atoms with Crippen LogP contribution in [-0.4, -0.2) is 11.8 Å². The molecule has 2 aromatic rings. The van der Waals surface area contributed by atoms with Gasteiger partial charge in [-0.15, -0.1) is 0 Å². The highest BCUT2D eigenvalue weighted by Gasteiger charge is 2.14. The van der Waals surface area contributed by atoms with Crippen LogP contribution in [0.25, 0.3) is 0 Å². The van der Waals surface area contributed by atoms with E-state index in [4.69, 9.17) is 5.73 Å². The summed E-state index contributed by atoms with van der Waals surface area (Å²) in [7, 11) is 0. The van der Waals surface area contributed by atoms with Crippen LogP contribution in [0.1, 0.15) is 22.3 Å². The minimum Gasteiger partial charge on any atom is -0.344 e. The Kier molecular flexibility index (Phi) is 5.49. The minimum absolute atomic E-state index is 0.285. The van der Waals surface area contributed by atoms with Gasteiger partial charge in [-0.05, 0) is 42.2 Å². The normalized spacial score (nSPS) is 10.2. The van der Waals surface area contributed by atoms with Crippen molar-refractivity contribution in [3.05, 3.63) is 64.7 Å². The second-order valence-corrected chi connectivity index (χ2v) is 5.41. The number of aryl methyl sites for hydroxylation is 1. The fraction of sp³-hybridized carbons (Fsp3) is 0.222. The molecule has 0 heterocycles. The molecule has 0 radical (unpaired) electrons. The van der Waals surface area contributed by atoms with Crippen LogP contribution in [0.15, 0.2) is 42.5 Å². The molecule has 23 heavy (non-hydrogen) atoms. The van der Waals surface area contributed by atoms with Crippen LogP contribution in [-0.2, 0) is 22.7 Å². The fourth-order valence-electron chi connectivity index (χ4n) is 2.19. The highest BCUT2D eigenvalue weighted by atomic mass is 16.2. The molecule has 0 aliphatic rings. The Hall–Kier alpha value is -2.66. The zero-order valence-electron chi connectivity index (χ0n) is 13.3. The molecule has 0 saturated carbocycles. The largest absolute Gasteiger partial charge is 0.344 e. The topological polar surface area (TPSA) is 84.2 Å². The highest BCUT2D eigenvalue weighted by Crippen LogP contribution is 2.17. The Balaban J connectivity index is 1.95. The average molecular weight is 311 g/mol. The van der Waals surface area contributed by atoms with E-state index < -0.39 is 11.8 Å². The molecule has 2 amide bonds. The third kappa shape index (κ3) is 4.40. The van der Waals surface area contributed by atoms with Crippen molar-refractivity contribution in [1.82, 2.24) is 5.32 Å². The lowest BCUT2D eigenvalue weighted by atomic mass is 10.1. The van der Waals surface area contributed by atoms with Crippen LogP contribution in [0.5, 0.6) is 0 Å². The molecule has 0 unspecified atom stereocenters. The molecule has 0 aromatic heterocycles. The van der Waals surface area contributed by atoms with Gasteiger partial charge in [-0.3, -0.25) is 9.59 Å². The molecular weight excluding hydrogens is 290 g/mol. The summed E-state index contributed by atoms with van der Waals surface area (Å²) in [6, 6.07) is 13.1. The van der Waals surface area contributed by atoms with Gasteiger partial charge in [0.15, 0.2) is 0 Å². The molecule has 4 N–H and O–H groups in total. The van der Waals surface area contributed by atoms with Gasteiger partial charge in [-0.2, -0.15) is 0 Å². The van der Waals surface area contributed by atoms with E-state index in [9.17, 15) is 9.59 Å². The first-order valence-electron chi connectivity index (χ1n) is 7.44. The lowest BCUT2D eigenvalue weighted by molar-refractivity contribution is -0.136. The van der Waals surface area contributed by atoms with Gasteiger partial charge in [-0.1, -0.05) is 36.4 Å². The Labute approximate surface area is 135 Å². The second-order valence-electron chi connectivity index (χ2n) is 5.41. The molecule has 5 heteroatoms. The molecule has 0 saturated heterocycles. The first kappa shape index (κ1) is 16.7. The summed E-state index contributed by atoms with van der Waals surface area (Å²) in [5, 5.41) is 5.25. The van der Waals surface area contributed by atoms with Gasteiger partial charge >= 0.3 is 11.8 Å². The molecule has 120 valence electrons. The van der Waals surface area contributed by atoms with Crippen LogP contribution in [0, 0.1) is 13.8 Å². The third-order valence-electron chi connectivity index (χ3n) is 3.74. The monoisotopic (exact) mass is 311 g/mol. The highest BCUT2D eigenvalue weighted by molar-refractivity contribution is 6.39. The second kappa shape index (κ2) is 7.56. The fourth-order valence-corrected chi connectivity index (χ4v) is 2.19. The zero-order valence-corrected chi connectivity index (χ0v) is 13.3. The third-order valence-corrected chi connectivity index (χ3v) is 3.74. The molecule has 2 aromatic carbocycles. The van der Waals surface area contributed by atoms with Crippen molar-refractivity contribution in [1.29, 1.82) is 0 Å². The summed E-state index contributed by atoms with van der Waals surface area (Å²) in [6.45, 7) is 4.58. The van der Waals surface area contributed by atoms with Crippen LogP contribution in [0.4, 0.5) is 5.69 Å². The minimum atomic E-state index is -0.673. The van der Waals surface area contributed by atoms with E-state index in [1.165, 1.54) is 0 Å². The zero-order chi connectivity index (χ0) is 16.8. The smallest absolute Gasteiger partial charge is 0.313 e. The molecule has 2 rings (SSSR count). The van der Waals surface area contributed by atoms with E-state index in [1.54, 1.807) is 6.07 Å². The Morgan fingerprint density at radius 2 is 1.70 bits per heavy atom. The van der Waals surface area contributed by atoms with Gasteiger partial charge in [0, 0.05) is 18.8 Å². The maximum absolute atomic E-state index is 12.0. The molecule has 0 aliphatic carbocycles. The van der Waals surface area contributed by atoms with E-state index in [0.29, 0.717) is 12.2 Å². The Morgan fingerprint density at radius 3 is 2.43 bits per heavy atom. The summed E-state index contributed by atoms with van der Waals surface area (Å²) < 4.78 is 0. The van der Waals surface area contributed by atoms with Crippen molar-refractivity contribution in [2.75, 3.05) is 5.32 Å². The first-order valence-corrected chi connectivity index (χ1v) is 7.44. The molecule has 0 aliphatic heterocycles. The number of nitrogens with two attached hydrogens (primary N) is 1. The van der Waals surface area contributed by atoms with Crippen molar-refractivity contribution in [3.63, 3.8) is 0 Å². The predicted octanol–water partition coefficient (Wildman–Crippen LogP) is 2.02. The summed E-state index contributed by atoms with van der Waals surface area (Å²) >= 11 is 0. The quantitative estimate of drug-likeness (QED) is 0.755. The van der Waals surface area contributed by atoms with Crippen molar-refractivity contribution in [2.24, 2.45) is 5.73 Å². The summed E-state index contributed by atoms with van der Waals surface area (Å²) in [5.74, 6) is -1.34. The van der Waals surface area contributed by atoms with E-state index in [0.717, 1.165) is 22.3 Å². The van der Waals surface area contributed by atoms with Crippen molar-refractivity contribution >= 4 is 17.5 Å². The molecule has 0 fully saturated rings. The van der Waals surface area contributed by atoms with E-state index in [2.05, 4.69) is 10.6 Å². The van der Waals surface area contributed by atoms with Crippen LogP contribution >= 0.6 is 0 Å². The number of hydrogen-bond donors (Lipinski definition) is 3. The van der Waals surface area contributed by atoms with Crippen LogP contribution in [0.3, 0.4) is 0 Å². The molecule has 5 nitrogen and oxygen atoms in total. The Bertz CT molecular complexity index is 726. The van der Waals surface area contributed by atoms with E-state index in [1.807, 2.05) is 50.2 Å². The van der Waals surface area contributed by atoms with Gasteiger partial charge in [0.05, 0.1) is 0 Å². The molecule has 0 bridgehead atoms. The van der Waals surface area contributed by atoms with Gasteiger partial charge in [-0.25, -0.2) is 0 Å². The standard InChI is InChI=1S/C18H21N3O2/c1-12-5-3-8-16(13(12)2)21-18(23)17(22)20-11-15-7-4-6-14(9-15)10-19/h3-9H,10-11,19H2,1-2H3,(H,20,22)(H,21,23). The number of benzene rings is 2. The van der Waals surface area contributed by atoms with Gasteiger partial charge in [0.1, 0.15) is 0 Å². The lowest BCUT2D eigenvalue weighted by Gasteiger charge is -2.10. The van der Waals surface area contributed by atoms with Crippen LogP contribution < -0.4 is 16.4 Å². The Morgan fingerprint density at radius 1 is 1.00 bits per heavy atom. The van der Waals surface area contributed by atoms with Crippen molar-refractivity contribution < 1.29 is 9.59 Å². The first-order chi connectivity index (χ1) is 11.0. The maximum atomic E-state index is 12.0. The van der Waals surface area contributed by atoms with Crippen LogP contribution in [0.2, 0.25) is 0 Å². The maximum Gasteiger partial charge on any atom is 0.313 e. The molecular formula is C18H21N3O2. The molecule has 0 atom stereocenters. The summed E-state index contributed by atoms with van der Waals surface area (Å²) in [5.41, 5.74) is 10.1. The van der Waals surface area contributed by atoms with E-state index in [-0.39, 0.29) is 6.54 Å².